The van der Waals surface area contributed by atoms with E-state index in [0.29, 0.717) is 10.0 Å². The van der Waals surface area contributed by atoms with Crippen molar-refractivity contribution in [1.82, 2.24) is 0 Å². The first-order valence-electron chi connectivity index (χ1n) is 4.97. The zero-order valence-corrected chi connectivity index (χ0v) is 10.1. The van der Waals surface area contributed by atoms with E-state index in [1.54, 1.807) is 18.2 Å². The standard InChI is InChI=1S/C12H15BrFN/c1-2-3-4-8-11(15)9-6-5-7-10(13)12(9)14/h2,5-7,11H,1,3-4,8,15H2. The van der Waals surface area contributed by atoms with E-state index < -0.39 is 0 Å². The number of unbranched alkanes of at least 4 members (excludes halogenated alkanes) is 1. The second-order valence-electron chi connectivity index (χ2n) is 3.47. The lowest BCUT2D eigenvalue weighted by atomic mass is 10.0. The number of hydrogen-bond acceptors (Lipinski definition) is 1. The highest BCUT2D eigenvalue weighted by Crippen LogP contribution is 2.25. The molecular formula is C12H15BrFN. The molecule has 0 aromatic heterocycles. The predicted molar refractivity (Wildman–Crippen MR) is 65.1 cm³/mol. The Labute approximate surface area is 98.3 Å². The monoisotopic (exact) mass is 271 g/mol. The number of rotatable bonds is 5. The molecule has 82 valence electrons. The van der Waals surface area contributed by atoms with Crippen LogP contribution in [0.2, 0.25) is 0 Å². The van der Waals surface area contributed by atoms with Gasteiger partial charge in [0.2, 0.25) is 0 Å². The number of benzene rings is 1. The smallest absolute Gasteiger partial charge is 0.142 e. The van der Waals surface area contributed by atoms with Crippen LogP contribution in [0.25, 0.3) is 0 Å². The Morgan fingerprint density at radius 1 is 1.53 bits per heavy atom. The summed E-state index contributed by atoms with van der Waals surface area (Å²) in [6.45, 7) is 3.64. The third-order valence-electron chi connectivity index (χ3n) is 2.30. The highest BCUT2D eigenvalue weighted by Gasteiger charge is 2.12. The summed E-state index contributed by atoms with van der Waals surface area (Å²) in [5.41, 5.74) is 6.49. The number of hydrogen-bond donors (Lipinski definition) is 1. The molecule has 2 N–H and O–H groups in total. The summed E-state index contributed by atoms with van der Waals surface area (Å²) in [4.78, 5) is 0. The SMILES string of the molecule is C=CCCCC(N)c1cccc(Br)c1F. The molecule has 1 rings (SSSR count). The quantitative estimate of drug-likeness (QED) is 0.637. The maximum absolute atomic E-state index is 13.6. The van der Waals surface area contributed by atoms with Gasteiger partial charge in [-0.1, -0.05) is 18.2 Å². The zero-order chi connectivity index (χ0) is 11.3. The van der Waals surface area contributed by atoms with Crippen molar-refractivity contribution in [3.63, 3.8) is 0 Å². The van der Waals surface area contributed by atoms with Gasteiger partial charge in [-0.25, -0.2) is 4.39 Å². The molecule has 0 fully saturated rings. The zero-order valence-electron chi connectivity index (χ0n) is 8.55. The van der Waals surface area contributed by atoms with Crippen molar-refractivity contribution in [1.29, 1.82) is 0 Å². The molecule has 1 atom stereocenters. The Morgan fingerprint density at radius 2 is 2.27 bits per heavy atom. The second kappa shape index (κ2) is 6.03. The molecule has 0 aliphatic heterocycles. The van der Waals surface area contributed by atoms with Crippen molar-refractivity contribution in [3.05, 3.63) is 46.7 Å². The average Bonchev–Trinajstić information content (AvgIpc) is 2.22. The molecular weight excluding hydrogens is 257 g/mol. The van der Waals surface area contributed by atoms with Crippen molar-refractivity contribution in [2.24, 2.45) is 5.73 Å². The average molecular weight is 272 g/mol. The predicted octanol–water partition coefficient (Wildman–Crippen LogP) is 3.94. The number of nitrogens with two attached hydrogens (primary N) is 1. The third kappa shape index (κ3) is 3.43. The molecule has 0 aliphatic carbocycles. The second-order valence-corrected chi connectivity index (χ2v) is 4.32. The first kappa shape index (κ1) is 12.4. The van der Waals surface area contributed by atoms with E-state index in [9.17, 15) is 4.39 Å². The lowest BCUT2D eigenvalue weighted by Crippen LogP contribution is -2.12. The topological polar surface area (TPSA) is 26.0 Å². The van der Waals surface area contributed by atoms with Crippen molar-refractivity contribution in [2.75, 3.05) is 0 Å². The molecule has 1 unspecified atom stereocenters. The molecule has 0 saturated carbocycles. The molecule has 1 nitrogen and oxygen atoms in total. The van der Waals surface area contributed by atoms with Gasteiger partial charge in [-0.2, -0.15) is 0 Å². The fourth-order valence-electron chi connectivity index (χ4n) is 1.44. The van der Waals surface area contributed by atoms with Crippen molar-refractivity contribution < 1.29 is 4.39 Å². The summed E-state index contributed by atoms with van der Waals surface area (Å²) in [6.07, 6.45) is 4.49. The lowest BCUT2D eigenvalue weighted by molar-refractivity contribution is 0.549. The van der Waals surface area contributed by atoms with Gasteiger partial charge in [0.1, 0.15) is 5.82 Å². The molecule has 15 heavy (non-hydrogen) atoms. The summed E-state index contributed by atoms with van der Waals surface area (Å²) in [5, 5.41) is 0. The van der Waals surface area contributed by atoms with Crippen LogP contribution in [0.5, 0.6) is 0 Å². The molecule has 0 radical (unpaired) electrons. The molecule has 0 amide bonds. The maximum atomic E-state index is 13.6. The van der Waals surface area contributed by atoms with Crippen molar-refractivity contribution >= 4 is 15.9 Å². The van der Waals surface area contributed by atoms with Crippen LogP contribution >= 0.6 is 15.9 Å². The highest BCUT2D eigenvalue weighted by atomic mass is 79.9. The molecule has 0 spiro atoms. The van der Waals surface area contributed by atoms with E-state index in [1.807, 2.05) is 6.08 Å². The van der Waals surface area contributed by atoms with Crippen LogP contribution in [0.1, 0.15) is 30.9 Å². The first-order valence-corrected chi connectivity index (χ1v) is 5.76. The van der Waals surface area contributed by atoms with Gasteiger partial charge < -0.3 is 5.73 Å². The summed E-state index contributed by atoms with van der Waals surface area (Å²) in [7, 11) is 0. The van der Waals surface area contributed by atoms with Gasteiger partial charge in [-0.15, -0.1) is 6.58 Å². The summed E-state index contributed by atoms with van der Waals surface area (Å²) < 4.78 is 14.1. The molecule has 1 aromatic rings. The Bertz CT molecular complexity index is 338. The molecule has 3 heteroatoms. The number of halogens is 2. The van der Waals surface area contributed by atoms with Crippen LogP contribution in [0.4, 0.5) is 4.39 Å². The van der Waals surface area contributed by atoms with Crippen LogP contribution in [-0.2, 0) is 0 Å². The van der Waals surface area contributed by atoms with Crippen LogP contribution < -0.4 is 5.73 Å². The van der Waals surface area contributed by atoms with Gasteiger partial charge >= 0.3 is 0 Å². The van der Waals surface area contributed by atoms with Crippen LogP contribution in [-0.4, -0.2) is 0 Å². The van der Waals surface area contributed by atoms with E-state index in [-0.39, 0.29) is 11.9 Å². The van der Waals surface area contributed by atoms with Gasteiger partial charge in [0.25, 0.3) is 0 Å². The van der Waals surface area contributed by atoms with E-state index in [2.05, 4.69) is 22.5 Å². The van der Waals surface area contributed by atoms with Gasteiger partial charge in [-0.3, -0.25) is 0 Å². The van der Waals surface area contributed by atoms with Crippen molar-refractivity contribution in [3.8, 4) is 0 Å². The number of allylic oxidation sites excluding steroid dienone is 1. The van der Waals surface area contributed by atoms with E-state index in [0.717, 1.165) is 19.3 Å². The molecule has 0 aliphatic rings. The normalized spacial score (nSPS) is 12.5. The largest absolute Gasteiger partial charge is 0.324 e. The molecule has 0 saturated heterocycles. The van der Waals surface area contributed by atoms with Gasteiger partial charge in [0.05, 0.1) is 4.47 Å². The minimum absolute atomic E-state index is 0.234. The summed E-state index contributed by atoms with van der Waals surface area (Å²) >= 11 is 3.15. The fraction of sp³-hybridized carbons (Fsp3) is 0.333. The van der Waals surface area contributed by atoms with E-state index in [4.69, 9.17) is 5.73 Å². The molecule has 0 heterocycles. The third-order valence-corrected chi connectivity index (χ3v) is 2.92. The summed E-state index contributed by atoms with van der Waals surface area (Å²) in [6, 6.07) is 4.98. The van der Waals surface area contributed by atoms with E-state index >= 15 is 0 Å². The van der Waals surface area contributed by atoms with Gasteiger partial charge in [0, 0.05) is 11.6 Å². The Balaban J connectivity index is 2.68. The summed E-state index contributed by atoms with van der Waals surface area (Å²) in [5.74, 6) is -0.247. The minimum atomic E-state index is -0.247. The van der Waals surface area contributed by atoms with Crippen LogP contribution in [0, 0.1) is 5.82 Å². The van der Waals surface area contributed by atoms with Gasteiger partial charge in [-0.05, 0) is 41.3 Å². The highest BCUT2D eigenvalue weighted by molar-refractivity contribution is 9.10. The minimum Gasteiger partial charge on any atom is -0.324 e. The molecule has 1 aromatic carbocycles. The van der Waals surface area contributed by atoms with Crippen LogP contribution in [0.15, 0.2) is 35.3 Å². The Morgan fingerprint density at radius 3 is 2.93 bits per heavy atom. The lowest BCUT2D eigenvalue weighted by Gasteiger charge is -2.12. The molecule has 0 bridgehead atoms. The van der Waals surface area contributed by atoms with Crippen LogP contribution in [0.3, 0.4) is 0 Å². The fourth-order valence-corrected chi connectivity index (χ4v) is 1.83. The van der Waals surface area contributed by atoms with E-state index in [1.165, 1.54) is 0 Å². The first-order chi connectivity index (χ1) is 7.16. The Hall–Kier alpha value is -0.670. The van der Waals surface area contributed by atoms with Gasteiger partial charge in [0.15, 0.2) is 0 Å². The Kier molecular flexibility index (Phi) is 4.99. The maximum Gasteiger partial charge on any atom is 0.142 e. The van der Waals surface area contributed by atoms with Crippen molar-refractivity contribution in [2.45, 2.75) is 25.3 Å².